The van der Waals surface area contributed by atoms with Crippen LogP contribution in [0.4, 0.5) is 4.79 Å². The lowest BCUT2D eigenvalue weighted by Gasteiger charge is -2.41. The summed E-state index contributed by atoms with van der Waals surface area (Å²) in [5.41, 5.74) is 1.67. The molecular weight excluding hydrogens is 504 g/mol. The third-order valence-electron chi connectivity index (χ3n) is 8.15. The minimum Gasteiger partial charge on any atom is -0.493 e. The fourth-order valence-corrected chi connectivity index (χ4v) is 5.96. The Labute approximate surface area is 239 Å². The van der Waals surface area contributed by atoms with Gasteiger partial charge in [-0.05, 0) is 68.5 Å². The van der Waals surface area contributed by atoms with E-state index in [1.165, 1.54) is 19.3 Å². The molecule has 2 heterocycles. The molecule has 216 valence electrons. The highest BCUT2D eigenvalue weighted by molar-refractivity contribution is 5.74. The van der Waals surface area contributed by atoms with Crippen molar-refractivity contribution in [1.29, 1.82) is 5.26 Å². The Bertz CT molecular complexity index is 1120. The SMILES string of the molecule is CCCCCCNC(=O)N1CC2CCC(C1)N2CCCC(Oc1ccc(OC)c(OC)c1)c1ccc(C#N)cc1. The lowest BCUT2D eigenvalue weighted by atomic mass is 10.0. The molecule has 3 atom stereocenters. The van der Waals surface area contributed by atoms with Crippen LogP contribution in [0, 0.1) is 11.3 Å². The maximum Gasteiger partial charge on any atom is 0.317 e. The van der Waals surface area contributed by atoms with Gasteiger partial charge in [-0.1, -0.05) is 38.3 Å². The normalized spacial score (nSPS) is 19.1. The zero-order valence-electron chi connectivity index (χ0n) is 24.2. The van der Waals surface area contributed by atoms with E-state index in [0.717, 1.165) is 63.8 Å². The van der Waals surface area contributed by atoms with Gasteiger partial charge in [-0.2, -0.15) is 5.26 Å². The topological polar surface area (TPSA) is 87.1 Å². The van der Waals surface area contributed by atoms with Gasteiger partial charge in [-0.3, -0.25) is 4.90 Å². The van der Waals surface area contributed by atoms with Gasteiger partial charge >= 0.3 is 6.03 Å². The van der Waals surface area contributed by atoms with Crippen molar-refractivity contribution < 1.29 is 19.0 Å². The molecule has 0 radical (unpaired) electrons. The number of ether oxygens (including phenoxy) is 3. The number of nitrogens with one attached hydrogen (secondary N) is 1. The predicted octanol–water partition coefficient (Wildman–Crippen LogP) is 5.91. The number of hydrogen-bond acceptors (Lipinski definition) is 6. The second kappa shape index (κ2) is 14.8. The Morgan fingerprint density at radius 1 is 1.00 bits per heavy atom. The lowest BCUT2D eigenvalue weighted by molar-refractivity contribution is 0.0773. The third-order valence-corrected chi connectivity index (χ3v) is 8.15. The second-order valence-corrected chi connectivity index (χ2v) is 10.8. The number of nitriles is 1. The van der Waals surface area contributed by atoms with Crippen LogP contribution in [0.1, 0.15) is 75.5 Å². The van der Waals surface area contributed by atoms with E-state index in [1.807, 2.05) is 47.4 Å². The highest BCUT2D eigenvalue weighted by Crippen LogP contribution is 2.35. The minimum absolute atomic E-state index is 0.0947. The number of benzene rings is 2. The Morgan fingerprint density at radius 3 is 2.38 bits per heavy atom. The number of amides is 2. The van der Waals surface area contributed by atoms with E-state index in [0.29, 0.717) is 34.9 Å². The summed E-state index contributed by atoms with van der Waals surface area (Å²) in [6.45, 7) is 5.55. The first-order valence-electron chi connectivity index (χ1n) is 14.7. The molecule has 2 aliphatic heterocycles. The van der Waals surface area contributed by atoms with Gasteiger partial charge in [0.15, 0.2) is 11.5 Å². The number of piperazine rings is 1. The minimum atomic E-state index is -0.164. The summed E-state index contributed by atoms with van der Waals surface area (Å²) in [6, 6.07) is 16.4. The van der Waals surface area contributed by atoms with Crippen LogP contribution in [0.5, 0.6) is 17.2 Å². The number of fused-ring (bicyclic) bond motifs is 2. The maximum atomic E-state index is 12.8. The smallest absolute Gasteiger partial charge is 0.317 e. The molecule has 0 aliphatic carbocycles. The van der Waals surface area contributed by atoms with Crippen LogP contribution in [-0.4, -0.2) is 68.3 Å². The first-order valence-corrected chi connectivity index (χ1v) is 14.7. The number of urea groups is 1. The Hall–Kier alpha value is -3.44. The standard InChI is InChI=1S/C32H44N4O4/c1-4-5-6-7-18-34-32(37)35-22-26-14-15-27(23-35)36(26)19-8-9-29(25-12-10-24(21-33)11-13-25)40-28-16-17-30(38-2)31(20-28)39-3/h10-13,16-17,20,26-27,29H,4-9,14-15,18-19,22-23H2,1-3H3,(H,34,37). The molecule has 0 spiro atoms. The van der Waals surface area contributed by atoms with Crippen LogP contribution in [0.25, 0.3) is 0 Å². The highest BCUT2D eigenvalue weighted by Gasteiger charge is 2.40. The van der Waals surface area contributed by atoms with Crippen molar-refractivity contribution >= 4 is 6.03 Å². The zero-order chi connectivity index (χ0) is 28.3. The Balaban J connectivity index is 1.34. The van der Waals surface area contributed by atoms with Crippen molar-refractivity contribution in [1.82, 2.24) is 15.1 Å². The van der Waals surface area contributed by atoms with Crippen molar-refractivity contribution in [2.75, 3.05) is 40.4 Å². The first-order chi connectivity index (χ1) is 19.6. The number of carbonyl (C=O) groups is 1. The maximum absolute atomic E-state index is 12.8. The molecule has 2 aliphatic rings. The van der Waals surface area contributed by atoms with Crippen LogP contribution in [0.2, 0.25) is 0 Å². The summed E-state index contributed by atoms with van der Waals surface area (Å²) < 4.78 is 17.3. The molecule has 2 aromatic rings. The largest absolute Gasteiger partial charge is 0.493 e. The van der Waals surface area contributed by atoms with Crippen molar-refractivity contribution in [2.45, 2.75) is 76.5 Å². The average molecular weight is 549 g/mol. The van der Waals surface area contributed by atoms with E-state index in [2.05, 4.69) is 23.2 Å². The summed E-state index contributed by atoms with van der Waals surface area (Å²) in [4.78, 5) is 17.4. The third kappa shape index (κ3) is 7.60. The van der Waals surface area contributed by atoms with E-state index < -0.39 is 0 Å². The van der Waals surface area contributed by atoms with E-state index >= 15 is 0 Å². The monoisotopic (exact) mass is 548 g/mol. The van der Waals surface area contributed by atoms with Gasteiger partial charge in [-0.15, -0.1) is 0 Å². The van der Waals surface area contributed by atoms with E-state index in [-0.39, 0.29) is 12.1 Å². The Morgan fingerprint density at radius 2 is 1.73 bits per heavy atom. The molecule has 2 aromatic carbocycles. The van der Waals surface area contributed by atoms with Crippen molar-refractivity contribution in [3.63, 3.8) is 0 Å². The van der Waals surface area contributed by atoms with E-state index in [1.54, 1.807) is 14.2 Å². The molecular formula is C32H44N4O4. The van der Waals surface area contributed by atoms with Gasteiger partial charge in [0.25, 0.3) is 0 Å². The molecule has 40 heavy (non-hydrogen) atoms. The van der Waals surface area contributed by atoms with Crippen LogP contribution in [-0.2, 0) is 0 Å². The Kier molecular flexibility index (Phi) is 10.9. The summed E-state index contributed by atoms with van der Waals surface area (Å²) >= 11 is 0. The molecule has 3 unspecified atom stereocenters. The van der Waals surface area contributed by atoms with Gasteiger partial charge in [0.2, 0.25) is 0 Å². The van der Waals surface area contributed by atoms with E-state index in [9.17, 15) is 10.1 Å². The molecule has 2 fully saturated rings. The number of hydrogen-bond donors (Lipinski definition) is 1. The van der Waals surface area contributed by atoms with Gasteiger partial charge in [0.1, 0.15) is 11.9 Å². The van der Waals surface area contributed by atoms with Crippen molar-refractivity contribution in [3.05, 3.63) is 53.6 Å². The number of methoxy groups -OCH3 is 2. The number of carbonyl (C=O) groups excluding carboxylic acids is 1. The summed E-state index contributed by atoms with van der Waals surface area (Å²) in [5, 5.41) is 12.4. The molecule has 2 amide bonds. The quantitative estimate of drug-likeness (QED) is 0.295. The van der Waals surface area contributed by atoms with Crippen LogP contribution >= 0.6 is 0 Å². The zero-order valence-corrected chi connectivity index (χ0v) is 24.2. The molecule has 8 nitrogen and oxygen atoms in total. The molecule has 2 bridgehead atoms. The van der Waals surface area contributed by atoms with Crippen molar-refractivity contribution in [3.8, 4) is 23.3 Å². The van der Waals surface area contributed by atoms with Gasteiger partial charge in [0.05, 0.1) is 25.9 Å². The molecule has 0 aromatic heterocycles. The molecule has 8 heteroatoms. The average Bonchev–Trinajstić information content (AvgIpc) is 3.21. The summed E-state index contributed by atoms with van der Waals surface area (Å²) in [7, 11) is 3.23. The van der Waals surface area contributed by atoms with Gasteiger partial charge < -0.3 is 24.4 Å². The number of unbranched alkanes of at least 4 members (excludes halogenated alkanes) is 3. The number of nitrogens with zero attached hydrogens (tertiary/aromatic N) is 3. The molecule has 2 saturated heterocycles. The van der Waals surface area contributed by atoms with Gasteiger partial charge in [0, 0.05) is 37.8 Å². The van der Waals surface area contributed by atoms with Crippen LogP contribution in [0.15, 0.2) is 42.5 Å². The molecule has 0 saturated carbocycles. The molecule has 4 rings (SSSR count). The van der Waals surface area contributed by atoms with Crippen LogP contribution in [0.3, 0.4) is 0 Å². The fourth-order valence-electron chi connectivity index (χ4n) is 5.96. The van der Waals surface area contributed by atoms with Crippen molar-refractivity contribution in [2.24, 2.45) is 0 Å². The summed E-state index contributed by atoms with van der Waals surface area (Å²) in [5.74, 6) is 1.99. The van der Waals surface area contributed by atoms with E-state index in [4.69, 9.17) is 14.2 Å². The number of rotatable bonds is 14. The number of likely N-dealkylation sites (tertiary alicyclic amines) is 1. The second-order valence-electron chi connectivity index (χ2n) is 10.8. The fraction of sp³-hybridized carbons (Fsp3) is 0.562. The van der Waals surface area contributed by atoms with Gasteiger partial charge in [-0.25, -0.2) is 4.79 Å². The first kappa shape index (κ1) is 29.5. The lowest BCUT2D eigenvalue weighted by Crippen LogP contribution is -2.57. The highest BCUT2D eigenvalue weighted by atomic mass is 16.5. The van der Waals surface area contributed by atoms with Crippen LogP contribution < -0.4 is 19.5 Å². The molecule has 1 N–H and O–H groups in total. The summed E-state index contributed by atoms with van der Waals surface area (Å²) in [6.07, 6.45) is 8.58. The predicted molar refractivity (Wildman–Crippen MR) is 156 cm³/mol.